The molecule has 2 aromatic rings. The summed E-state index contributed by atoms with van der Waals surface area (Å²) in [6.07, 6.45) is 0.991. The Morgan fingerprint density at radius 1 is 1.24 bits per heavy atom. The molecule has 0 fully saturated rings. The molecule has 1 N–H and O–H groups in total. The van der Waals surface area contributed by atoms with Crippen molar-refractivity contribution >= 4 is 5.82 Å². The third-order valence-corrected chi connectivity index (χ3v) is 2.84. The third kappa shape index (κ3) is 4.15. The van der Waals surface area contributed by atoms with Crippen LogP contribution in [0.3, 0.4) is 0 Å². The normalized spacial score (nSPS) is 10.7. The summed E-state index contributed by atoms with van der Waals surface area (Å²) in [6, 6.07) is 7.96. The molecule has 0 saturated heterocycles. The van der Waals surface area contributed by atoms with E-state index in [1.165, 1.54) is 6.07 Å². The van der Waals surface area contributed by atoms with E-state index in [1.54, 1.807) is 24.3 Å². The zero-order valence-electron chi connectivity index (χ0n) is 12.6. The first-order valence-corrected chi connectivity index (χ1v) is 7.15. The number of ether oxygens (including phenoxy) is 1. The van der Waals surface area contributed by atoms with Crippen LogP contribution in [0.25, 0.3) is 0 Å². The number of nitrogens with zero attached hydrogens (tertiary/aromatic N) is 2. The van der Waals surface area contributed by atoms with Crippen LogP contribution in [-0.2, 0) is 0 Å². The van der Waals surface area contributed by atoms with Crippen molar-refractivity contribution in [3.05, 3.63) is 42.0 Å². The number of hydrogen-bond acceptors (Lipinski definition) is 4. The fourth-order valence-electron chi connectivity index (χ4n) is 1.74. The van der Waals surface area contributed by atoms with E-state index in [-0.39, 0.29) is 11.7 Å². The van der Waals surface area contributed by atoms with Gasteiger partial charge in [-0.25, -0.2) is 9.37 Å². The van der Waals surface area contributed by atoms with Crippen molar-refractivity contribution in [1.82, 2.24) is 9.97 Å². The molecule has 0 radical (unpaired) electrons. The maximum atomic E-state index is 13.7. The van der Waals surface area contributed by atoms with Gasteiger partial charge in [0.1, 0.15) is 11.6 Å². The van der Waals surface area contributed by atoms with E-state index < -0.39 is 5.82 Å². The molecule has 112 valence electrons. The summed E-state index contributed by atoms with van der Waals surface area (Å²) in [6.45, 7) is 6.90. The van der Waals surface area contributed by atoms with Crippen LogP contribution in [0.2, 0.25) is 0 Å². The highest BCUT2D eigenvalue weighted by atomic mass is 19.1. The Hall–Kier alpha value is -2.17. The molecular weight excluding hydrogens is 269 g/mol. The SMILES string of the molecule is CCCNc1cc(Oc2ccccc2F)nc(C(C)C)n1. The number of hydrogen-bond donors (Lipinski definition) is 1. The summed E-state index contributed by atoms with van der Waals surface area (Å²) in [5, 5.41) is 3.21. The monoisotopic (exact) mass is 289 g/mol. The van der Waals surface area contributed by atoms with Gasteiger partial charge in [0.25, 0.3) is 0 Å². The van der Waals surface area contributed by atoms with E-state index in [0.717, 1.165) is 13.0 Å². The summed E-state index contributed by atoms with van der Waals surface area (Å²) in [5.41, 5.74) is 0. The zero-order valence-corrected chi connectivity index (χ0v) is 12.6. The quantitative estimate of drug-likeness (QED) is 0.858. The van der Waals surface area contributed by atoms with Crippen molar-refractivity contribution in [2.45, 2.75) is 33.1 Å². The van der Waals surface area contributed by atoms with Gasteiger partial charge in [-0.3, -0.25) is 0 Å². The smallest absolute Gasteiger partial charge is 0.224 e. The second-order valence-corrected chi connectivity index (χ2v) is 5.06. The lowest BCUT2D eigenvalue weighted by Gasteiger charge is -2.12. The average Bonchev–Trinajstić information content (AvgIpc) is 2.47. The third-order valence-electron chi connectivity index (χ3n) is 2.84. The van der Waals surface area contributed by atoms with Gasteiger partial charge in [-0.05, 0) is 18.6 Å². The average molecular weight is 289 g/mol. The van der Waals surface area contributed by atoms with E-state index in [0.29, 0.717) is 17.5 Å². The van der Waals surface area contributed by atoms with Crippen molar-refractivity contribution < 1.29 is 9.13 Å². The lowest BCUT2D eigenvalue weighted by Crippen LogP contribution is -2.07. The van der Waals surface area contributed by atoms with E-state index in [1.807, 2.05) is 13.8 Å². The molecule has 1 aromatic carbocycles. The molecule has 0 aliphatic heterocycles. The van der Waals surface area contributed by atoms with Crippen LogP contribution in [-0.4, -0.2) is 16.5 Å². The summed E-state index contributed by atoms with van der Waals surface area (Å²) >= 11 is 0. The fourth-order valence-corrected chi connectivity index (χ4v) is 1.74. The minimum atomic E-state index is -0.412. The number of halogens is 1. The highest BCUT2D eigenvalue weighted by molar-refractivity contribution is 5.40. The molecule has 1 aromatic heterocycles. The number of para-hydroxylation sites is 1. The van der Waals surface area contributed by atoms with Crippen molar-refractivity contribution in [2.24, 2.45) is 0 Å². The second-order valence-electron chi connectivity index (χ2n) is 5.06. The topological polar surface area (TPSA) is 47.0 Å². The summed E-state index contributed by atoms with van der Waals surface area (Å²) in [5.74, 6) is 1.62. The Morgan fingerprint density at radius 2 is 2.00 bits per heavy atom. The van der Waals surface area contributed by atoms with Crippen molar-refractivity contribution in [3.8, 4) is 11.6 Å². The molecule has 2 rings (SSSR count). The number of rotatable bonds is 6. The zero-order chi connectivity index (χ0) is 15.2. The highest BCUT2D eigenvalue weighted by Gasteiger charge is 2.11. The highest BCUT2D eigenvalue weighted by Crippen LogP contribution is 2.25. The van der Waals surface area contributed by atoms with Crippen LogP contribution >= 0.6 is 0 Å². The van der Waals surface area contributed by atoms with Gasteiger partial charge in [-0.1, -0.05) is 32.9 Å². The van der Waals surface area contributed by atoms with Crippen molar-refractivity contribution in [3.63, 3.8) is 0 Å². The summed E-state index contributed by atoms with van der Waals surface area (Å²) in [7, 11) is 0. The molecular formula is C16H20FN3O. The Labute approximate surface area is 124 Å². The molecule has 0 bridgehead atoms. The maximum Gasteiger partial charge on any atom is 0.224 e. The molecule has 0 aliphatic carbocycles. The van der Waals surface area contributed by atoms with Gasteiger partial charge in [0, 0.05) is 18.5 Å². The number of nitrogens with one attached hydrogen (secondary N) is 1. The van der Waals surface area contributed by atoms with Gasteiger partial charge in [0.2, 0.25) is 5.88 Å². The van der Waals surface area contributed by atoms with Crippen LogP contribution in [0.4, 0.5) is 10.2 Å². The van der Waals surface area contributed by atoms with E-state index >= 15 is 0 Å². The minimum absolute atomic E-state index is 0.160. The fraction of sp³-hybridized carbons (Fsp3) is 0.375. The molecule has 5 heteroatoms. The van der Waals surface area contributed by atoms with Gasteiger partial charge in [-0.2, -0.15) is 4.98 Å². The van der Waals surface area contributed by atoms with Gasteiger partial charge in [-0.15, -0.1) is 0 Å². The Balaban J connectivity index is 2.29. The molecule has 0 amide bonds. The first kappa shape index (κ1) is 15.2. The van der Waals surface area contributed by atoms with Crippen LogP contribution in [0.15, 0.2) is 30.3 Å². The first-order chi connectivity index (χ1) is 10.1. The molecule has 0 unspecified atom stereocenters. The predicted molar refractivity (Wildman–Crippen MR) is 81.4 cm³/mol. The Bertz CT molecular complexity index is 602. The van der Waals surface area contributed by atoms with Crippen molar-refractivity contribution in [2.75, 3.05) is 11.9 Å². The van der Waals surface area contributed by atoms with Gasteiger partial charge in [0.15, 0.2) is 11.6 Å². The first-order valence-electron chi connectivity index (χ1n) is 7.15. The summed E-state index contributed by atoms with van der Waals surface area (Å²) in [4.78, 5) is 8.78. The molecule has 0 aliphatic rings. The lowest BCUT2D eigenvalue weighted by molar-refractivity contribution is 0.423. The lowest BCUT2D eigenvalue weighted by atomic mass is 10.2. The molecule has 4 nitrogen and oxygen atoms in total. The van der Waals surface area contributed by atoms with Crippen LogP contribution < -0.4 is 10.1 Å². The second kappa shape index (κ2) is 7.02. The van der Waals surface area contributed by atoms with E-state index in [2.05, 4.69) is 22.2 Å². The van der Waals surface area contributed by atoms with Crippen LogP contribution in [0, 0.1) is 5.82 Å². The number of anilines is 1. The van der Waals surface area contributed by atoms with E-state index in [4.69, 9.17) is 4.74 Å². The molecule has 21 heavy (non-hydrogen) atoms. The number of aromatic nitrogens is 2. The van der Waals surface area contributed by atoms with E-state index in [9.17, 15) is 4.39 Å². The molecule has 0 atom stereocenters. The summed E-state index contributed by atoms with van der Waals surface area (Å²) < 4.78 is 19.2. The van der Waals surface area contributed by atoms with Crippen LogP contribution in [0.5, 0.6) is 11.6 Å². The molecule has 0 spiro atoms. The Morgan fingerprint density at radius 3 is 2.67 bits per heavy atom. The maximum absolute atomic E-state index is 13.7. The minimum Gasteiger partial charge on any atom is -0.436 e. The predicted octanol–water partition coefficient (Wildman–Crippen LogP) is 4.35. The molecule has 0 saturated carbocycles. The number of benzene rings is 1. The van der Waals surface area contributed by atoms with Gasteiger partial charge < -0.3 is 10.1 Å². The standard InChI is InChI=1S/C16H20FN3O/c1-4-9-18-14-10-15(20-16(19-14)11(2)3)21-13-8-6-5-7-12(13)17/h5-8,10-11H,4,9H2,1-3H3,(H,18,19,20). The largest absolute Gasteiger partial charge is 0.436 e. The van der Waals surface area contributed by atoms with Crippen LogP contribution in [0.1, 0.15) is 38.9 Å². The van der Waals surface area contributed by atoms with Crippen molar-refractivity contribution in [1.29, 1.82) is 0 Å². The van der Waals surface area contributed by atoms with Gasteiger partial charge in [0.05, 0.1) is 0 Å². The molecule has 1 heterocycles. The Kier molecular flexibility index (Phi) is 5.09. The van der Waals surface area contributed by atoms with Gasteiger partial charge >= 0.3 is 0 Å².